The van der Waals surface area contributed by atoms with Crippen LogP contribution in [0.3, 0.4) is 0 Å². The summed E-state index contributed by atoms with van der Waals surface area (Å²) in [5.41, 5.74) is 7.03. The molecular weight excluding hydrogens is 428 g/mol. The van der Waals surface area contributed by atoms with E-state index < -0.39 is 48.4 Å². The topological polar surface area (TPSA) is 171 Å². The Hall–Kier alpha value is -3.92. The van der Waals surface area contributed by atoms with Gasteiger partial charge in [0.1, 0.15) is 24.4 Å². The van der Waals surface area contributed by atoms with Crippen molar-refractivity contribution >= 4 is 23.7 Å². The lowest BCUT2D eigenvalue weighted by Gasteiger charge is -2.24. The molecule has 176 valence electrons. The summed E-state index contributed by atoms with van der Waals surface area (Å²) >= 11 is 0. The molecule has 0 bridgehead atoms. The van der Waals surface area contributed by atoms with Gasteiger partial charge in [-0.1, -0.05) is 42.5 Å². The van der Waals surface area contributed by atoms with Crippen molar-refractivity contribution < 1.29 is 29.4 Å². The van der Waals surface area contributed by atoms with E-state index in [0.717, 1.165) is 5.56 Å². The fraction of sp³-hybridized carbons (Fsp3) is 0.304. The first-order chi connectivity index (χ1) is 15.7. The number of carbonyl (C=O) groups excluding carboxylic acids is 3. The number of nitrogens with two attached hydrogens (primary N) is 1. The predicted molar refractivity (Wildman–Crippen MR) is 120 cm³/mol. The molecule has 10 nitrogen and oxygen atoms in total. The number of benzene rings is 2. The fourth-order valence-corrected chi connectivity index (χ4v) is 3.00. The minimum absolute atomic E-state index is 0.0531. The van der Waals surface area contributed by atoms with Crippen LogP contribution in [-0.4, -0.2) is 58.6 Å². The van der Waals surface area contributed by atoms with Crippen LogP contribution in [0, 0.1) is 0 Å². The van der Waals surface area contributed by atoms with Gasteiger partial charge in [-0.3, -0.25) is 19.2 Å². The summed E-state index contributed by atoms with van der Waals surface area (Å²) in [5, 5.41) is 25.8. The first-order valence-corrected chi connectivity index (χ1v) is 10.3. The molecule has 7 N–H and O–H groups in total. The number of carbonyl (C=O) groups is 4. The van der Waals surface area contributed by atoms with Crippen LogP contribution in [0.25, 0.3) is 0 Å². The molecule has 0 aromatic heterocycles. The third-order valence-corrected chi connectivity index (χ3v) is 4.75. The maximum atomic E-state index is 13.1. The summed E-state index contributed by atoms with van der Waals surface area (Å²) < 4.78 is 0. The van der Waals surface area contributed by atoms with Gasteiger partial charge >= 0.3 is 5.97 Å². The van der Waals surface area contributed by atoms with Gasteiger partial charge < -0.3 is 31.9 Å². The smallest absolute Gasteiger partial charge is 0.322 e. The highest BCUT2D eigenvalue weighted by molar-refractivity contribution is 5.93. The molecule has 2 aromatic rings. The second-order valence-corrected chi connectivity index (χ2v) is 7.58. The number of rotatable bonds is 11. The Labute approximate surface area is 191 Å². The van der Waals surface area contributed by atoms with Crippen molar-refractivity contribution in [1.82, 2.24) is 16.0 Å². The second kappa shape index (κ2) is 12.2. The Morgan fingerprint density at radius 3 is 1.88 bits per heavy atom. The van der Waals surface area contributed by atoms with Crippen LogP contribution < -0.4 is 21.7 Å². The SMILES string of the molecule is CC(N)C(=O)NC(Cc1ccc(O)cc1)C(=O)NC(Cc1ccccc1)C(=O)NCC(=O)O. The molecule has 3 amide bonds. The van der Waals surface area contributed by atoms with Crippen LogP contribution in [0.15, 0.2) is 54.6 Å². The molecule has 0 aliphatic carbocycles. The van der Waals surface area contributed by atoms with Crippen LogP contribution in [0.1, 0.15) is 18.1 Å². The molecule has 0 saturated heterocycles. The van der Waals surface area contributed by atoms with Gasteiger partial charge in [0.25, 0.3) is 0 Å². The van der Waals surface area contributed by atoms with Crippen molar-refractivity contribution in [2.24, 2.45) is 5.73 Å². The number of hydrogen-bond donors (Lipinski definition) is 6. The second-order valence-electron chi connectivity index (χ2n) is 7.58. The lowest BCUT2D eigenvalue weighted by Crippen LogP contribution is -2.56. The van der Waals surface area contributed by atoms with E-state index in [1.165, 1.54) is 19.1 Å². The Morgan fingerprint density at radius 2 is 1.33 bits per heavy atom. The molecular formula is C23H28N4O6. The van der Waals surface area contributed by atoms with Crippen LogP contribution in [0.5, 0.6) is 5.75 Å². The molecule has 0 aliphatic rings. The molecule has 0 spiro atoms. The average Bonchev–Trinajstić information content (AvgIpc) is 2.78. The normalized spacial score (nSPS) is 13.3. The van der Waals surface area contributed by atoms with Crippen molar-refractivity contribution in [2.45, 2.75) is 37.9 Å². The molecule has 3 atom stereocenters. The van der Waals surface area contributed by atoms with Crippen LogP contribution in [0.4, 0.5) is 0 Å². The van der Waals surface area contributed by atoms with Gasteiger partial charge in [-0.15, -0.1) is 0 Å². The number of carboxylic acids is 1. The molecule has 0 aliphatic heterocycles. The Balaban J connectivity index is 2.22. The molecule has 0 heterocycles. The third kappa shape index (κ3) is 8.62. The molecule has 33 heavy (non-hydrogen) atoms. The van der Waals surface area contributed by atoms with E-state index in [0.29, 0.717) is 5.56 Å². The maximum Gasteiger partial charge on any atom is 0.322 e. The minimum atomic E-state index is -1.22. The van der Waals surface area contributed by atoms with Crippen molar-refractivity contribution in [3.05, 3.63) is 65.7 Å². The molecule has 10 heteroatoms. The summed E-state index contributed by atoms with van der Waals surface area (Å²) in [4.78, 5) is 48.8. The van der Waals surface area contributed by atoms with Gasteiger partial charge in [0, 0.05) is 12.8 Å². The van der Waals surface area contributed by atoms with Gasteiger partial charge in [-0.25, -0.2) is 0 Å². The maximum absolute atomic E-state index is 13.1. The average molecular weight is 456 g/mol. The molecule has 0 fully saturated rings. The number of aliphatic carboxylic acids is 1. The number of aromatic hydroxyl groups is 1. The molecule has 2 aromatic carbocycles. The summed E-state index contributed by atoms with van der Waals surface area (Å²) in [7, 11) is 0. The monoisotopic (exact) mass is 456 g/mol. The number of phenols is 1. The zero-order chi connectivity index (χ0) is 24.4. The Morgan fingerprint density at radius 1 is 0.818 bits per heavy atom. The lowest BCUT2D eigenvalue weighted by molar-refractivity contribution is -0.138. The first kappa shape index (κ1) is 25.3. The van der Waals surface area contributed by atoms with Crippen molar-refractivity contribution in [3.63, 3.8) is 0 Å². The first-order valence-electron chi connectivity index (χ1n) is 10.3. The van der Waals surface area contributed by atoms with Crippen molar-refractivity contribution in [1.29, 1.82) is 0 Å². The summed E-state index contributed by atoms with van der Waals surface area (Å²) in [6.45, 7) is 0.876. The number of amides is 3. The zero-order valence-electron chi connectivity index (χ0n) is 18.2. The third-order valence-electron chi connectivity index (χ3n) is 4.75. The van der Waals surface area contributed by atoms with Gasteiger partial charge in [-0.05, 0) is 30.2 Å². The standard InChI is InChI=1S/C23H28N4O6/c1-14(24)21(31)26-19(12-16-7-9-17(28)10-8-16)23(33)27-18(22(32)25-13-20(29)30)11-15-5-3-2-4-6-15/h2-10,14,18-19,28H,11-13,24H2,1H3,(H,25,32)(H,26,31)(H,27,33)(H,29,30). The van der Waals surface area contributed by atoms with E-state index in [-0.39, 0.29) is 18.6 Å². The van der Waals surface area contributed by atoms with Crippen molar-refractivity contribution in [3.8, 4) is 5.75 Å². The van der Waals surface area contributed by atoms with Crippen molar-refractivity contribution in [2.75, 3.05) is 6.54 Å². The minimum Gasteiger partial charge on any atom is -0.508 e. The molecule has 0 saturated carbocycles. The number of hydrogen-bond acceptors (Lipinski definition) is 6. The van der Waals surface area contributed by atoms with E-state index in [1.807, 2.05) is 0 Å². The zero-order valence-corrected chi connectivity index (χ0v) is 18.2. The van der Waals surface area contributed by atoms with Crippen LogP contribution in [0.2, 0.25) is 0 Å². The Bertz CT molecular complexity index is 963. The van der Waals surface area contributed by atoms with Gasteiger partial charge in [0.05, 0.1) is 6.04 Å². The molecule has 3 unspecified atom stereocenters. The number of nitrogens with one attached hydrogen (secondary N) is 3. The van der Waals surface area contributed by atoms with Gasteiger partial charge in [-0.2, -0.15) is 0 Å². The summed E-state index contributed by atoms with van der Waals surface area (Å²) in [5.74, 6) is -3.02. The predicted octanol–water partition coefficient (Wildman–Crippen LogP) is -0.305. The summed E-state index contributed by atoms with van der Waals surface area (Å²) in [6, 6.07) is 12.0. The fourth-order valence-electron chi connectivity index (χ4n) is 3.00. The van der Waals surface area contributed by atoms with E-state index in [1.54, 1.807) is 42.5 Å². The van der Waals surface area contributed by atoms with E-state index in [4.69, 9.17) is 10.8 Å². The number of carboxylic acid groups (broad SMARTS) is 1. The molecule has 2 rings (SSSR count). The number of phenolic OH excluding ortho intramolecular Hbond substituents is 1. The van der Waals surface area contributed by atoms with E-state index >= 15 is 0 Å². The van der Waals surface area contributed by atoms with Crippen LogP contribution >= 0.6 is 0 Å². The highest BCUT2D eigenvalue weighted by atomic mass is 16.4. The quantitative estimate of drug-likeness (QED) is 0.269. The lowest BCUT2D eigenvalue weighted by atomic mass is 10.0. The Kier molecular flexibility index (Phi) is 9.37. The highest BCUT2D eigenvalue weighted by Crippen LogP contribution is 2.12. The van der Waals surface area contributed by atoms with E-state index in [2.05, 4.69) is 16.0 Å². The highest BCUT2D eigenvalue weighted by Gasteiger charge is 2.28. The van der Waals surface area contributed by atoms with Crippen LogP contribution in [-0.2, 0) is 32.0 Å². The summed E-state index contributed by atoms with van der Waals surface area (Å²) in [6.07, 6.45) is 0.199. The van der Waals surface area contributed by atoms with E-state index in [9.17, 15) is 24.3 Å². The van der Waals surface area contributed by atoms with Gasteiger partial charge in [0.15, 0.2) is 0 Å². The largest absolute Gasteiger partial charge is 0.508 e. The van der Waals surface area contributed by atoms with Gasteiger partial charge in [0.2, 0.25) is 17.7 Å². The molecule has 0 radical (unpaired) electrons.